The molecule has 0 aromatic carbocycles. The van der Waals surface area contributed by atoms with Gasteiger partial charge in [-0.15, -0.1) is 0 Å². The number of allylic oxidation sites excluding steroid dienone is 1. The lowest BCUT2D eigenvalue weighted by atomic mass is 9.60. The smallest absolute Gasteiger partial charge is 0.146 e. The predicted octanol–water partition coefficient (Wildman–Crippen LogP) is 1.49. The molecule has 5 nitrogen and oxygen atoms in total. The largest absolute Gasteiger partial charge is 0.393 e. The van der Waals surface area contributed by atoms with Gasteiger partial charge in [0.05, 0.1) is 23.4 Å². The maximum absolute atomic E-state index is 11.7. The van der Waals surface area contributed by atoms with E-state index in [-0.39, 0.29) is 5.92 Å². The average molecular weight is 350 g/mol. The normalized spacial score (nSPS) is 46.2. The number of aliphatic hydroxyl groups excluding tert-OH is 2. The SMILES string of the molecule is CC(C)(O)/C=C1\C=C(C=O)[C@H]2CC[C@@]3(C)C[C@](O)(CC[C@H]3O)[C@@H]2[C@H]1O. The Balaban J connectivity index is 2.10. The third kappa shape index (κ3) is 3.23. The van der Waals surface area contributed by atoms with Gasteiger partial charge in [0.15, 0.2) is 0 Å². The van der Waals surface area contributed by atoms with E-state index < -0.39 is 34.7 Å². The Bertz CT molecular complexity index is 616. The fraction of sp³-hybridized carbons (Fsp3) is 0.750. The predicted molar refractivity (Wildman–Crippen MR) is 93.7 cm³/mol. The Morgan fingerprint density at radius 3 is 2.52 bits per heavy atom. The van der Waals surface area contributed by atoms with Crippen LogP contribution in [-0.2, 0) is 4.79 Å². The van der Waals surface area contributed by atoms with Gasteiger partial charge in [-0.05, 0) is 80.6 Å². The molecule has 2 bridgehead atoms. The Morgan fingerprint density at radius 1 is 1.24 bits per heavy atom. The molecule has 3 aliphatic carbocycles. The van der Waals surface area contributed by atoms with Crippen LogP contribution in [0.3, 0.4) is 0 Å². The van der Waals surface area contributed by atoms with Crippen LogP contribution in [0, 0.1) is 17.3 Å². The quantitative estimate of drug-likeness (QED) is 0.566. The number of aliphatic hydroxyl groups is 4. The van der Waals surface area contributed by atoms with Gasteiger partial charge in [-0.25, -0.2) is 0 Å². The van der Waals surface area contributed by atoms with E-state index in [1.165, 1.54) is 0 Å². The van der Waals surface area contributed by atoms with Gasteiger partial charge < -0.3 is 20.4 Å². The van der Waals surface area contributed by atoms with Crippen molar-refractivity contribution < 1.29 is 25.2 Å². The summed E-state index contributed by atoms with van der Waals surface area (Å²) < 4.78 is 0. The Hall–Kier alpha value is -1.01. The van der Waals surface area contributed by atoms with Crippen molar-refractivity contribution in [1.82, 2.24) is 0 Å². The van der Waals surface area contributed by atoms with Crippen molar-refractivity contribution in [2.24, 2.45) is 17.3 Å². The summed E-state index contributed by atoms with van der Waals surface area (Å²) in [7, 11) is 0. The van der Waals surface area contributed by atoms with Crippen LogP contribution >= 0.6 is 0 Å². The van der Waals surface area contributed by atoms with Crippen LogP contribution in [0.1, 0.15) is 52.9 Å². The van der Waals surface area contributed by atoms with Gasteiger partial charge in [-0.1, -0.05) is 6.92 Å². The zero-order valence-corrected chi connectivity index (χ0v) is 15.3. The summed E-state index contributed by atoms with van der Waals surface area (Å²) in [5.41, 5.74) is -1.62. The highest BCUT2D eigenvalue weighted by Gasteiger charge is 2.57. The van der Waals surface area contributed by atoms with Crippen molar-refractivity contribution in [3.63, 3.8) is 0 Å². The maximum Gasteiger partial charge on any atom is 0.146 e. The first kappa shape index (κ1) is 18.8. The maximum atomic E-state index is 11.7. The first-order valence-corrected chi connectivity index (χ1v) is 9.19. The van der Waals surface area contributed by atoms with Gasteiger partial charge in [0.25, 0.3) is 0 Å². The molecule has 0 aromatic rings. The molecule has 4 N–H and O–H groups in total. The van der Waals surface area contributed by atoms with Crippen LogP contribution < -0.4 is 0 Å². The van der Waals surface area contributed by atoms with Gasteiger partial charge in [0, 0.05) is 5.92 Å². The molecule has 0 saturated heterocycles. The molecule has 0 heterocycles. The zero-order chi connectivity index (χ0) is 18.6. The standard InChI is InChI=1S/C20H30O5/c1-18(2,24)9-12-8-13(10-21)14-4-6-19(3)11-20(25,7-5-15(19)22)16(14)17(12)23/h8-10,14-17,22-25H,4-7,11H2,1-3H3/b12-9+/t14-,15-,16+,17+,19+,20-/m1/s1. The minimum Gasteiger partial charge on any atom is -0.393 e. The van der Waals surface area contributed by atoms with E-state index in [4.69, 9.17) is 0 Å². The fourth-order valence-electron chi connectivity index (χ4n) is 5.36. The number of fused-ring (bicyclic) bond motifs is 4. The van der Waals surface area contributed by atoms with Crippen molar-refractivity contribution >= 4 is 6.29 Å². The minimum absolute atomic E-state index is 0.233. The van der Waals surface area contributed by atoms with Crippen LogP contribution in [0.2, 0.25) is 0 Å². The van der Waals surface area contributed by atoms with Crippen LogP contribution in [0.15, 0.2) is 23.3 Å². The van der Waals surface area contributed by atoms with Crippen molar-refractivity contribution in [2.45, 2.75) is 76.3 Å². The van der Waals surface area contributed by atoms with Crippen molar-refractivity contribution in [3.05, 3.63) is 23.3 Å². The highest BCUT2D eigenvalue weighted by molar-refractivity contribution is 5.76. The molecule has 0 spiro atoms. The number of carbonyl (C=O) groups is 1. The summed E-state index contributed by atoms with van der Waals surface area (Å²) in [4.78, 5) is 11.7. The number of hydrogen-bond donors (Lipinski definition) is 4. The van der Waals surface area contributed by atoms with Crippen molar-refractivity contribution in [2.75, 3.05) is 0 Å². The van der Waals surface area contributed by atoms with Crippen LogP contribution in [0.25, 0.3) is 0 Å². The first-order chi connectivity index (χ1) is 11.5. The lowest BCUT2D eigenvalue weighted by Gasteiger charge is -2.50. The van der Waals surface area contributed by atoms with E-state index in [9.17, 15) is 25.2 Å². The fourth-order valence-corrected chi connectivity index (χ4v) is 5.36. The van der Waals surface area contributed by atoms with Crippen molar-refractivity contribution in [1.29, 1.82) is 0 Å². The molecule has 5 heteroatoms. The molecule has 25 heavy (non-hydrogen) atoms. The lowest BCUT2D eigenvalue weighted by molar-refractivity contribution is -0.146. The molecular weight excluding hydrogens is 320 g/mol. The second-order valence-electron chi connectivity index (χ2n) is 9.16. The van der Waals surface area contributed by atoms with E-state index >= 15 is 0 Å². The third-order valence-corrected chi connectivity index (χ3v) is 6.54. The summed E-state index contributed by atoms with van der Waals surface area (Å²) in [6.45, 7) is 5.22. The highest BCUT2D eigenvalue weighted by Crippen LogP contribution is 2.56. The summed E-state index contributed by atoms with van der Waals surface area (Å²) in [6, 6.07) is 0. The molecule has 0 radical (unpaired) electrons. The Morgan fingerprint density at radius 2 is 1.92 bits per heavy atom. The van der Waals surface area contributed by atoms with Gasteiger partial charge in [0.1, 0.15) is 6.29 Å². The monoisotopic (exact) mass is 350 g/mol. The summed E-state index contributed by atoms with van der Waals surface area (Å²) in [6.07, 6.45) is 5.29. The van der Waals surface area contributed by atoms with Gasteiger partial charge in [-0.2, -0.15) is 0 Å². The molecule has 2 fully saturated rings. The number of carbonyl (C=O) groups excluding carboxylic acids is 1. The number of rotatable bonds is 2. The first-order valence-electron chi connectivity index (χ1n) is 9.19. The van der Waals surface area contributed by atoms with Gasteiger partial charge in [-0.3, -0.25) is 4.79 Å². The third-order valence-electron chi connectivity index (χ3n) is 6.54. The molecule has 2 saturated carbocycles. The molecule has 140 valence electrons. The average Bonchev–Trinajstić information content (AvgIpc) is 2.59. The molecule has 0 aromatic heterocycles. The number of hydrogen-bond acceptors (Lipinski definition) is 5. The van der Waals surface area contributed by atoms with E-state index in [0.29, 0.717) is 43.3 Å². The second kappa shape index (κ2) is 6.02. The van der Waals surface area contributed by atoms with E-state index in [1.807, 2.05) is 6.92 Å². The molecule has 3 rings (SSSR count). The van der Waals surface area contributed by atoms with Crippen LogP contribution in [0.4, 0.5) is 0 Å². The molecule has 0 aliphatic heterocycles. The second-order valence-corrected chi connectivity index (χ2v) is 9.16. The van der Waals surface area contributed by atoms with Crippen molar-refractivity contribution in [3.8, 4) is 0 Å². The topological polar surface area (TPSA) is 98.0 Å². The molecular formula is C20H30O5. The van der Waals surface area contributed by atoms with Crippen LogP contribution in [0.5, 0.6) is 0 Å². The lowest BCUT2D eigenvalue weighted by Crippen LogP contribution is -2.55. The minimum atomic E-state index is -1.13. The summed E-state index contributed by atoms with van der Waals surface area (Å²) in [5, 5.41) is 43.0. The molecule has 0 unspecified atom stereocenters. The Kier molecular flexibility index (Phi) is 4.52. The highest BCUT2D eigenvalue weighted by atomic mass is 16.3. The van der Waals surface area contributed by atoms with Gasteiger partial charge >= 0.3 is 0 Å². The number of aldehydes is 1. The molecule has 3 aliphatic rings. The Labute approximate surface area is 149 Å². The summed E-state index contributed by atoms with van der Waals surface area (Å²) in [5.74, 6) is -0.732. The zero-order valence-electron chi connectivity index (χ0n) is 15.3. The molecule has 0 amide bonds. The van der Waals surface area contributed by atoms with Gasteiger partial charge in [0.2, 0.25) is 0 Å². The van der Waals surface area contributed by atoms with E-state index in [1.54, 1.807) is 26.0 Å². The van der Waals surface area contributed by atoms with Crippen LogP contribution in [-0.4, -0.2) is 50.1 Å². The molecule has 6 atom stereocenters. The van der Waals surface area contributed by atoms with E-state index in [0.717, 1.165) is 6.29 Å². The van der Waals surface area contributed by atoms with E-state index in [2.05, 4.69) is 0 Å². The summed E-state index contributed by atoms with van der Waals surface area (Å²) >= 11 is 0.